The molecular formula is C27H48O6. The Bertz CT molecular complexity index is 700. The summed E-state index contributed by atoms with van der Waals surface area (Å²) in [4.78, 5) is 0. The Morgan fingerprint density at radius 2 is 1.48 bits per heavy atom. The largest absolute Gasteiger partial charge is 0.393 e. The molecule has 4 aliphatic rings. The lowest BCUT2D eigenvalue weighted by Gasteiger charge is -2.63. The average molecular weight is 469 g/mol. The van der Waals surface area contributed by atoms with Gasteiger partial charge in [-0.3, -0.25) is 0 Å². The Hall–Kier alpha value is -0.240. The highest BCUT2D eigenvalue weighted by Crippen LogP contribution is 2.68. The van der Waals surface area contributed by atoms with E-state index in [1.54, 1.807) is 0 Å². The van der Waals surface area contributed by atoms with Crippen molar-refractivity contribution in [3.05, 3.63) is 0 Å². The second-order valence-electron chi connectivity index (χ2n) is 13.2. The first-order valence-electron chi connectivity index (χ1n) is 13.4. The Morgan fingerprint density at radius 3 is 2.12 bits per heavy atom. The second kappa shape index (κ2) is 9.01. The average Bonchev–Trinajstić information content (AvgIpc) is 3.02. The topological polar surface area (TPSA) is 121 Å². The second-order valence-corrected chi connectivity index (χ2v) is 13.2. The lowest BCUT2D eigenvalue weighted by molar-refractivity contribution is -0.203. The lowest BCUT2D eigenvalue weighted by atomic mass is 9.43. The molecule has 0 heterocycles. The molecule has 4 saturated carbocycles. The van der Waals surface area contributed by atoms with Crippen LogP contribution >= 0.6 is 0 Å². The molecule has 0 spiro atoms. The van der Waals surface area contributed by atoms with Crippen molar-refractivity contribution >= 4 is 0 Å². The zero-order chi connectivity index (χ0) is 24.5. The molecule has 0 aliphatic heterocycles. The summed E-state index contributed by atoms with van der Waals surface area (Å²) in [6.07, 6.45) is 1.02. The summed E-state index contributed by atoms with van der Waals surface area (Å²) in [6, 6.07) is 0. The third-order valence-electron chi connectivity index (χ3n) is 11.2. The molecule has 14 atom stereocenters. The maximum Gasteiger partial charge on any atom is 0.0822 e. The third kappa shape index (κ3) is 4.01. The van der Waals surface area contributed by atoms with E-state index in [1.807, 2.05) is 20.8 Å². The maximum absolute atomic E-state index is 11.6. The Labute approximate surface area is 199 Å². The molecule has 0 aromatic carbocycles. The van der Waals surface area contributed by atoms with Gasteiger partial charge in [-0.1, -0.05) is 34.6 Å². The molecule has 192 valence electrons. The van der Waals surface area contributed by atoms with Crippen molar-refractivity contribution in [3.63, 3.8) is 0 Å². The fourth-order valence-corrected chi connectivity index (χ4v) is 9.41. The molecule has 4 aliphatic carbocycles. The number of hydrogen-bond donors (Lipinski definition) is 6. The highest BCUT2D eigenvalue weighted by molar-refractivity contribution is 5.15. The maximum atomic E-state index is 11.6. The number of aliphatic hydroxyl groups is 6. The molecule has 0 aromatic heterocycles. The highest BCUT2D eigenvalue weighted by Gasteiger charge is 2.67. The van der Waals surface area contributed by atoms with Crippen LogP contribution in [0.15, 0.2) is 0 Å². The van der Waals surface area contributed by atoms with Crippen molar-refractivity contribution in [1.82, 2.24) is 0 Å². The van der Waals surface area contributed by atoms with Gasteiger partial charge < -0.3 is 30.6 Å². The van der Waals surface area contributed by atoms with Crippen LogP contribution in [0, 0.1) is 52.3 Å². The molecule has 0 saturated heterocycles. The summed E-state index contributed by atoms with van der Waals surface area (Å²) in [7, 11) is 0. The fraction of sp³-hybridized carbons (Fsp3) is 1.00. The fourth-order valence-electron chi connectivity index (χ4n) is 9.41. The molecule has 14 unspecified atom stereocenters. The van der Waals surface area contributed by atoms with E-state index in [4.69, 9.17) is 0 Å². The third-order valence-corrected chi connectivity index (χ3v) is 11.2. The van der Waals surface area contributed by atoms with E-state index < -0.39 is 35.9 Å². The van der Waals surface area contributed by atoms with Crippen molar-refractivity contribution in [3.8, 4) is 0 Å². The van der Waals surface area contributed by atoms with E-state index in [0.29, 0.717) is 32.1 Å². The molecule has 0 radical (unpaired) electrons. The van der Waals surface area contributed by atoms with Crippen molar-refractivity contribution in [2.24, 2.45) is 52.3 Å². The van der Waals surface area contributed by atoms with E-state index in [9.17, 15) is 30.6 Å². The normalized spacial score (nSPS) is 52.5. The van der Waals surface area contributed by atoms with Crippen molar-refractivity contribution in [2.75, 3.05) is 0 Å². The highest BCUT2D eigenvalue weighted by atomic mass is 16.3. The van der Waals surface area contributed by atoms with Crippen LogP contribution in [0.3, 0.4) is 0 Å². The quantitative estimate of drug-likeness (QED) is 0.368. The minimum atomic E-state index is -0.854. The van der Waals surface area contributed by atoms with E-state index in [0.717, 1.165) is 12.8 Å². The molecule has 4 fully saturated rings. The minimum Gasteiger partial charge on any atom is -0.393 e. The van der Waals surface area contributed by atoms with Gasteiger partial charge in [0.1, 0.15) is 0 Å². The SMILES string of the molecule is CC(C)C(O)C(O)CC(C)C1C(O)CC2C3CC(O)C4CC(O)CCC4(C)C3CC(O)C21C. The Kier molecular flexibility index (Phi) is 7.05. The first-order valence-corrected chi connectivity index (χ1v) is 13.4. The Balaban J connectivity index is 1.60. The summed E-state index contributed by atoms with van der Waals surface area (Å²) in [6.45, 7) is 10.2. The summed E-state index contributed by atoms with van der Waals surface area (Å²) < 4.78 is 0. The molecule has 6 nitrogen and oxygen atoms in total. The van der Waals surface area contributed by atoms with E-state index in [2.05, 4.69) is 13.8 Å². The van der Waals surface area contributed by atoms with Gasteiger partial charge in [0, 0.05) is 5.41 Å². The molecule has 0 amide bonds. The molecule has 4 rings (SSSR count). The predicted molar refractivity (Wildman–Crippen MR) is 126 cm³/mol. The van der Waals surface area contributed by atoms with E-state index >= 15 is 0 Å². The van der Waals surface area contributed by atoms with Gasteiger partial charge in [0.05, 0.1) is 36.6 Å². The van der Waals surface area contributed by atoms with Gasteiger partial charge in [0.2, 0.25) is 0 Å². The smallest absolute Gasteiger partial charge is 0.0822 e. The van der Waals surface area contributed by atoms with Gasteiger partial charge in [-0.2, -0.15) is 0 Å². The molecule has 33 heavy (non-hydrogen) atoms. The van der Waals surface area contributed by atoms with Crippen LogP contribution in [-0.4, -0.2) is 67.3 Å². The van der Waals surface area contributed by atoms with E-state index in [1.165, 1.54) is 0 Å². The zero-order valence-electron chi connectivity index (χ0n) is 21.1. The number of hydrogen-bond acceptors (Lipinski definition) is 6. The first-order chi connectivity index (χ1) is 15.3. The number of fused-ring (bicyclic) bond motifs is 5. The van der Waals surface area contributed by atoms with Crippen LogP contribution in [-0.2, 0) is 0 Å². The molecular weight excluding hydrogens is 420 g/mol. The van der Waals surface area contributed by atoms with Crippen molar-refractivity contribution in [1.29, 1.82) is 0 Å². The number of rotatable bonds is 5. The van der Waals surface area contributed by atoms with Crippen LogP contribution < -0.4 is 0 Å². The summed E-state index contributed by atoms with van der Waals surface area (Å²) in [5.41, 5.74) is -0.588. The van der Waals surface area contributed by atoms with Gasteiger partial charge in [-0.05, 0) is 91.8 Å². The van der Waals surface area contributed by atoms with Crippen LogP contribution in [0.25, 0.3) is 0 Å². The Morgan fingerprint density at radius 1 is 0.818 bits per heavy atom. The minimum absolute atomic E-state index is 0.0449. The monoisotopic (exact) mass is 468 g/mol. The predicted octanol–water partition coefficient (Wildman–Crippen LogP) is 2.32. The van der Waals surface area contributed by atoms with Crippen LogP contribution in [0.2, 0.25) is 0 Å². The summed E-state index contributed by atoms with van der Waals surface area (Å²) >= 11 is 0. The van der Waals surface area contributed by atoms with Gasteiger partial charge >= 0.3 is 0 Å². The molecule has 0 aromatic rings. The molecule has 6 N–H and O–H groups in total. The van der Waals surface area contributed by atoms with Gasteiger partial charge in [0.25, 0.3) is 0 Å². The van der Waals surface area contributed by atoms with Gasteiger partial charge in [-0.15, -0.1) is 0 Å². The standard InChI is InChI=1S/C27H48O6/c1-13(2)25(33)22(31)8-14(3)24-21(30)11-18-16-10-20(29)19-9-15(28)6-7-26(19,4)17(16)12-23(32)27(18,24)5/h13-25,28-33H,6-12H2,1-5H3. The van der Waals surface area contributed by atoms with Gasteiger partial charge in [-0.25, -0.2) is 0 Å². The summed E-state index contributed by atoms with van der Waals surface area (Å²) in [5.74, 6) is 0.433. The van der Waals surface area contributed by atoms with Crippen LogP contribution in [0.4, 0.5) is 0 Å². The lowest BCUT2D eigenvalue weighted by Crippen LogP contribution is -2.61. The summed E-state index contributed by atoms with van der Waals surface area (Å²) in [5, 5.41) is 65.3. The number of aliphatic hydroxyl groups excluding tert-OH is 6. The zero-order valence-corrected chi connectivity index (χ0v) is 21.1. The first kappa shape index (κ1) is 25.8. The van der Waals surface area contributed by atoms with Crippen LogP contribution in [0.5, 0.6) is 0 Å². The van der Waals surface area contributed by atoms with E-state index in [-0.39, 0.29) is 52.9 Å². The van der Waals surface area contributed by atoms with Crippen molar-refractivity contribution in [2.45, 2.75) is 116 Å². The van der Waals surface area contributed by atoms with Crippen LogP contribution in [0.1, 0.15) is 79.6 Å². The van der Waals surface area contributed by atoms with Gasteiger partial charge in [0.15, 0.2) is 0 Å². The molecule has 0 bridgehead atoms. The molecule has 6 heteroatoms. The van der Waals surface area contributed by atoms with Crippen molar-refractivity contribution < 1.29 is 30.6 Å².